The zero-order chi connectivity index (χ0) is 26.9. The van der Waals surface area contributed by atoms with Gasteiger partial charge in [-0.05, 0) is 91.7 Å². The van der Waals surface area contributed by atoms with Gasteiger partial charge in [-0.3, -0.25) is 0 Å². The molecule has 0 aromatic heterocycles. The predicted molar refractivity (Wildman–Crippen MR) is 154 cm³/mol. The van der Waals surface area contributed by atoms with Crippen molar-refractivity contribution in [2.45, 2.75) is 38.6 Å². The third-order valence-corrected chi connectivity index (χ3v) is 7.53. The number of benzene rings is 3. The molecule has 0 bridgehead atoms. The van der Waals surface area contributed by atoms with Crippen molar-refractivity contribution in [1.82, 2.24) is 4.90 Å². The molecule has 0 fully saturated rings. The maximum absolute atomic E-state index is 9.89. The topological polar surface area (TPSA) is 54.4 Å². The van der Waals surface area contributed by atoms with Crippen LogP contribution in [-0.2, 0) is 24.1 Å². The van der Waals surface area contributed by atoms with E-state index in [0.717, 1.165) is 63.5 Å². The minimum absolute atomic E-state index is 0.357. The Labute approximate surface area is 227 Å². The number of hydrogen-bond donors (Lipinski definition) is 1. The third-order valence-electron chi connectivity index (χ3n) is 7.53. The van der Waals surface area contributed by atoms with Crippen LogP contribution in [0.1, 0.15) is 41.5 Å². The van der Waals surface area contributed by atoms with Crippen LogP contribution in [-0.4, -0.2) is 64.1 Å². The summed E-state index contributed by atoms with van der Waals surface area (Å²) in [5.41, 5.74) is 6.45. The second-order valence-corrected chi connectivity index (χ2v) is 10.1. The number of phenolic OH excluding ortho intramolecular Hbond substituents is 1. The molecule has 4 rings (SSSR count). The number of ether oxygens (including phenoxy) is 3. The number of aryl methyl sites for hydroxylation is 1. The standard InChI is InChI=1S/C32H42N2O4/c1-5-34(23-24-6-12-29(13-7-24)38-19-17-33(2)16-18-36-3)32-22-30(37-4)14-15-31(32)27-9-8-26-21-28(35)11-10-25(26)20-27/h6-7,10-15,21-22,27,35H,5,8-9,16-20,23H2,1-4H3/t27-/m1/s1. The van der Waals surface area contributed by atoms with Crippen molar-refractivity contribution in [3.05, 3.63) is 82.9 Å². The second kappa shape index (κ2) is 13.5. The molecule has 0 amide bonds. The number of phenols is 1. The predicted octanol–water partition coefficient (Wildman–Crippen LogP) is 5.66. The molecule has 0 spiro atoms. The van der Waals surface area contributed by atoms with E-state index in [1.807, 2.05) is 12.1 Å². The summed E-state index contributed by atoms with van der Waals surface area (Å²) in [6, 6.07) is 20.8. The highest BCUT2D eigenvalue weighted by Crippen LogP contribution is 2.40. The number of fused-ring (bicyclic) bond motifs is 1. The van der Waals surface area contributed by atoms with Gasteiger partial charge in [0.2, 0.25) is 0 Å². The Bertz CT molecular complexity index is 1160. The summed E-state index contributed by atoms with van der Waals surface area (Å²) in [4.78, 5) is 4.64. The van der Waals surface area contributed by atoms with Crippen molar-refractivity contribution in [2.75, 3.05) is 59.0 Å². The third kappa shape index (κ3) is 7.21. The van der Waals surface area contributed by atoms with E-state index in [-0.39, 0.29) is 0 Å². The van der Waals surface area contributed by atoms with Gasteiger partial charge in [-0.1, -0.05) is 24.3 Å². The molecule has 38 heavy (non-hydrogen) atoms. The first-order chi connectivity index (χ1) is 18.5. The molecule has 0 aliphatic heterocycles. The summed E-state index contributed by atoms with van der Waals surface area (Å²) in [5, 5.41) is 9.89. The number of anilines is 1. The van der Waals surface area contributed by atoms with Crippen LogP contribution < -0.4 is 14.4 Å². The van der Waals surface area contributed by atoms with Gasteiger partial charge < -0.3 is 29.1 Å². The molecular weight excluding hydrogens is 476 g/mol. The largest absolute Gasteiger partial charge is 0.508 e. The summed E-state index contributed by atoms with van der Waals surface area (Å²) in [6.07, 6.45) is 3.04. The number of hydrogen-bond acceptors (Lipinski definition) is 6. The lowest BCUT2D eigenvalue weighted by molar-refractivity contribution is 0.150. The molecule has 3 aromatic rings. The zero-order valence-electron chi connectivity index (χ0n) is 23.3. The summed E-state index contributed by atoms with van der Waals surface area (Å²) in [5.74, 6) is 2.56. The second-order valence-electron chi connectivity index (χ2n) is 10.1. The van der Waals surface area contributed by atoms with Crippen molar-refractivity contribution >= 4 is 5.69 Å². The molecule has 0 saturated carbocycles. The van der Waals surface area contributed by atoms with Crippen LogP contribution in [0.15, 0.2) is 60.7 Å². The lowest BCUT2D eigenvalue weighted by atomic mass is 9.79. The highest BCUT2D eigenvalue weighted by Gasteiger charge is 2.24. The monoisotopic (exact) mass is 518 g/mol. The van der Waals surface area contributed by atoms with Gasteiger partial charge in [-0.15, -0.1) is 0 Å². The molecule has 0 heterocycles. The lowest BCUT2D eigenvalue weighted by Crippen LogP contribution is -2.27. The number of likely N-dealkylation sites (N-methyl/N-ethyl adjacent to an activating group) is 1. The quantitative estimate of drug-likeness (QED) is 0.315. The molecule has 0 radical (unpaired) electrons. The fraction of sp³-hybridized carbons (Fsp3) is 0.438. The fourth-order valence-electron chi connectivity index (χ4n) is 5.23. The molecule has 6 nitrogen and oxygen atoms in total. The Morgan fingerprint density at radius 2 is 1.66 bits per heavy atom. The highest BCUT2D eigenvalue weighted by atomic mass is 16.5. The smallest absolute Gasteiger partial charge is 0.120 e. The molecule has 1 atom stereocenters. The van der Waals surface area contributed by atoms with Crippen LogP contribution in [0.25, 0.3) is 0 Å². The molecule has 0 saturated heterocycles. The maximum atomic E-state index is 9.89. The number of methoxy groups -OCH3 is 2. The minimum atomic E-state index is 0.357. The van der Waals surface area contributed by atoms with E-state index in [1.165, 1.54) is 27.9 Å². The van der Waals surface area contributed by atoms with Crippen LogP contribution >= 0.6 is 0 Å². The molecular formula is C32H42N2O4. The van der Waals surface area contributed by atoms with Crippen LogP contribution in [0, 0.1) is 0 Å². The average molecular weight is 519 g/mol. The van der Waals surface area contributed by atoms with Crippen molar-refractivity contribution < 1.29 is 19.3 Å². The van der Waals surface area contributed by atoms with E-state index >= 15 is 0 Å². The Kier molecular flexibility index (Phi) is 9.91. The maximum Gasteiger partial charge on any atom is 0.120 e. The lowest BCUT2D eigenvalue weighted by Gasteiger charge is -2.32. The van der Waals surface area contributed by atoms with Crippen molar-refractivity contribution in [1.29, 1.82) is 0 Å². The Morgan fingerprint density at radius 3 is 2.39 bits per heavy atom. The van der Waals surface area contributed by atoms with Gasteiger partial charge in [0.1, 0.15) is 23.9 Å². The minimum Gasteiger partial charge on any atom is -0.508 e. The highest BCUT2D eigenvalue weighted by molar-refractivity contribution is 5.60. The van der Waals surface area contributed by atoms with Gasteiger partial charge in [0, 0.05) is 45.0 Å². The van der Waals surface area contributed by atoms with Crippen LogP contribution in [0.5, 0.6) is 17.2 Å². The molecule has 3 aromatic carbocycles. The van der Waals surface area contributed by atoms with Crippen molar-refractivity contribution in [2.24, 2.45) is 0 Å². The van der Waals surface area contributed by atoms with Gasteiger partial charge in [-0.2, -0.15) is 0 Å². The first-order valence-corrected chi connectivity index (χ1v) is 13.6. The fourth-order valence-corrected chi connectivity index (χ4v) is 5.23. The first-order valence-electron chi connectivity index (χ1n) is 13.6. The number of aromatic hydroxyl groups is 1. The molecule has 0 unspecified atom stereocenters. The average Bonchev–Trinajstić information content (AvgIpc) is 2.95. The van der Waals surface area contributed by atoms with E-state index in [0.29, 0.717) is 18.3 Å². The SMILES string of the molecule is CCN(Cc1ccc(OCCN(C)CCOC)cc1)c1cc(OC)ccc1[C@@H]1CCc2cc(O)ccc2C1. The normalized spacial score (nSPS) is 14.8. The molecule has 204 valence electrons. The summed E-state index contributed by atoms with van der Waals surface area (Å²) >= 11 is 0. The van der Waals surface area contributed by atoms with Gasteiger partial charge in [0.25, 0.3) is 0 Å². The molecule has 6 heteroatoms. The Hall–Kier alpha value is -3.22. The van der Waals surface area contributed by atoms with E-state index in [9.17, 15) is 5.11 Å². The van der Waals surface area contributed by atoms with Gasteiger partial charge in [0.05, 0.1) is 13.7 Å². The summed E-state index contributed by atoms with van der Waals surface area (Å²) < 4.78 is 16.7. The zero-order valence-corrected chi connectivity index (χ0v) is 23.3. The van der Waals surface area contributed by atoms with Gasteiger partial charge in [-0.25, -0.2) is 0 Å². The molecule has 1 aliphatic rings. The molecule has 1 N–H and O–H groups in total. The van der Waals surface area contributed by atoms with E-state index in [2.05, 4.69) is 72.3 Å². The number of rotatable bonds is 13. The Morgan fingerprint density at radius 1 is 0.895 bits per heavy atom. The van der Waals surface area contributed by atoms with Crippen molar-refractivity contribution in [3.63, 3.8) is 0 Å². The first kappa shape index (κ1) is 27.8. The van der Waals surface area contributed by atoms with E-state index in [1.54, 1.807) is 14.2 Å². The van der Waals surface area contributed by atoms with Gasteiger partial charge in [0.15, 0.2) is 0 Å². The van der Waals surface area contributed by atoms with Crippen LogP contribution in [0.2, 0.25) is 0 Å². The Balaban J connectivity index is 1.45. The van der Waals surface area contributed by atoms with Gasteiger partial charge >= 0.3 is 0 Å². The van der Waals surface area contributed by atoms with Crippen LogP contribution in [0.3, 0.4) is 0 Å². The van der Waals surface area contributed by atoms with Crippen LogP contribution in [0.4, 0.5) is 5.69 Å². The van der Waals surface area contributed by atoms with Crippen molar-refractivity contribution in [3.8, 4) is 17.2 Å². The van der Waals surface area contributed by atoms with E-state index in [4.69, 9.17) is 14.2 Å². The summed E-state index contributed by atoms with van der Waals surface area (Å²) in [6.45, 7) is 7.05. The van der Waals surface area contributed by atoms with E-state index < -0.39 is 0 Å². The molecule has 1 aliphatic carbocycles. The summed E-state index contributed by atoms with van der Waals surface area (Å²) in [7, 11) is 5.53. The number of nitrogens with zero attached hydrogens (tertiary/aromatic N) is 2.